The van der Waals surface area contributed by atoms with E-state index in [1.54, 1.807) is 61.5 Å². The summed E-state index contributed by atoms with van der Waals surface area (Å²) in [6, 6.07) is 22.3. The number of amides is 2. The lowest BCUT2D eigenvalue weighted by Gasteiger charge is -2.33. The van der Waals surface area contributed by atoms with E-state index in [0.29, 0.717) is 5.69 Å². The number of aryl methyl sites for hydroxylation is 2. The zero-order valence-electron chi connectivity index (χ0n) is 23.5. The lowest BCUT2D eigenvalue weighted by atomic mass is 9.95. The van der Waals surface area contributed by atoms with Crippen LogP contribution in [0.2, 0.25) is 0 Å². The third-order valence-electron chi connectivity index (χ3n) is 7.52. The largest absolute Gasteiger partial charge is 0.352 e. The summed E-state index contributed by atoms with van der Waals surface area (Å²) in [7, 11) is -4.06. The number of hydrogen-bond acceptors (Lipinski definition) is 4. The van der Waals surface area contributed by atoms with E-state index in [1.165, 1.54) is 11.3 Å². The fourth-order valence-corrected chi connectivity index (χ4v) is 6.42. The fraction of sp³-hybridized carbons (Fsp3) is 0.375. The molecular formula is C32H39N3O4S. The highest BCUT2D eigenvalue weighted by Gasteiger charge is 2.33. The van der Waals surface area contributed by atoms with E-state index in [1.807, 2.05) is 38.1 Å². The van der Waals surface area contributed by atoms with Gasteiger partial charge in [0.05, 0.1) is 10.6 Å². The number of para-hydroxylation sites is 1. The summed E-state index contributed by atoms with van der Waals surface area (Å²) in [5, 5.41) is 3.13. The van der Waals surface area contributed by atoms with Crippen molar-refractivity contribution in [2.75, 3.05) is 10.8 Å². The zero-order valence-corrected chi connectivity index (χ0v) is 24.4. The number of hydrogen-bond donors (Lipinski definition) is 1. The first-order chi connectivity index (χ1) is 19.1. The second-order valence-corrected chi connectivity index (χ2v) is 12.5. The minimum absolute atomic E-state index is 0.0998. The summed E-state index contributed by atoms with van der Waals surface area (Å²) in [5.41, 5.74) is 3.27. The SMILES string of the molecule is Cc1ccc(CN(C(=O)CN(c2ccccc2)S(=O)(=O)c2ccc(C)cc2)[C@H](C)C(=O)NC2CCCCC2)cc1. The molecule has 212 valence electrons. The van der Waals surface area contributed by atoms with Crippen molar-refractivity contribution >= 4 is 27.5 Å². The Morgan fingerprint density at radius 3 is 2.02 bits per heavy atom. The van der Waals surface area contributed by atoms with Gasteiger partial charge in [0, 0.05) is 12.6 Å². The number of nitrogens with one attached hydrogen (secondary N) is 1. The molecule has 0 bridgehead atoms. The van der Waals surface area contributed by atoms with Crippen LogP contribution >= 0.6 is 0 Å². The minimum atomic E-state index is -4.06. The van der Waals surface area contributed by atoms with Crippen LogP contribution in [-0.4, -0.2) is 43.8 Å². The van der Waals surface area contributed by atoms with Crippen LogP contribution in [-0.2, 0) is 26.2 Å². The van der Waals surface area contributed by atoms with E-state index in [9.17, 15) is 18.0 Å². The second-order valence-electron chi connectivity index (χ2n) is 10.7. The highest BCUT2D eigenvalue weighted by molar-refractivity contribution is 7.92. The molecule has 0 radical (unpaired) electrons. The molecule has 3 aromatic carbocycles. The van der Waals surface area contributed by atoms with Crippen molar-refractivity contribution in [3.8, 4) is 0 Å². The van der Waals surface area contributed by atoms with Crippen LogP contribution in [0.4, 0.5) is 5.69 Å². The number of benzene rings is 3. The molecule has 1 saturated carbocycles. The summed E-state index contributed by atoms with van der Waals surface area (Å²) in [6.07, 6.45) is 5.19. The van der Waals surface area contributed by atoms with Crippen molar-refractivity contribution in [3.05, 3.63) is 95.6 Å². The third kappa shape index (κ3) is 7.30. The first-order valence-electron chi connectivity index (χ1n) is 13.9. The Balaban J connectivity index is 1.65. The Kier molecular flexibility index (Phi) is 9.63. The number of anilines is 1. The van der Waals surface area contributed by atoms with Gasteiger partial charge in [-0.2, -0.15) is 0 Å². The predicted molar refractivity (Wildman–Crippen MR) is 158 cm³/mol. The van der Waals surface area contributed by atoms with E-state index < -0.39 is 28.5 Å². The van der Waals surface area contributed by atoms with Crippen molar-refractivity contribution in [2.45, 2.75) is 76.4 Å². The van der Waals surface area contributed by atoms with Crippen LogP contribution in [0, 0.1) is 13.8 Å². The first kappa shape index (κ1) is 29.3. The van der Waals surface area contributed by atoms with Gasteiger partial charge in [-0.15, -0.1) is 0 Å². The molecule has 0 heterocycles. The maximum Gasteiger partial charge on any atom is 0.264 e. The molecule has 1 N–H and O–H groups in total. The molecule has 2 amide bonds. The van der Waals surface area contributed by atoms with Gasteiger partial charge in [-0.1, -0.05) is 85.0 Å². The molecule has 0 aliphatic heterocycles. The molecule has 0 saturated heterocycles. The maximum atomic E-state index is 14.0. The van der Waals surface area contributed by atoms with Gasteiger partial charge < -0.3 is 10.2 Å². The molecule has 4 rings (SSSR count). The molecule has 1 fully saturated rings. The molecule has 0 unspecified atom stereocenters. The van der Waals surface area contributed by atoms with Crippen molar-refractivity contribution in [3.63, 3.8) is 0 Å². The predicted octanol–water partition coefficient (Wildman–Crippen LogP) is 5.36. The second kappa shape index (κ2) is 13.1. The average molecular weight is 562 g/mol. The van der Waals surface area contributed by atoms with E-state index in [0.717, 1.165) is 46.7 Å². The van der Waals surface area contributed by atoms with Crippen molar-refractivity contribution in [1.82, 2.24) is 10.2 Å². The zero-order chi connectivity index (χ0) is 28.7. The molecule has 1 atom stereocenters. The molecule has 8 heteroatoms. The van der Waals surface area contributed by atoms with Crippen LogP contribution in [0.15, 0.2) is 83.8 Å². The monoisotopic (exact) mass is 561 g/mol. The number of rotatable bonds is 10. The molecule has 7 nitrogen and oxygen atoms in total. The van der Waals surface area contributed by atoms with Crippen LogP contribution in [0.25, 0.3) is 0 Å². The van der Waals surface area contributed by atoms with Crippen LogP contribution in [0.1, 0.15) is 55.7 Å². The fourth-order valence-electron chi connectivity index (χ4n) is 5.00. The van der Waals surface area contributed by atoms with E-state index in [-0.39, 0.29) is 23.4 Å². The van der Waals surface area contributed by atoms with E-state index in [2.05, 4.69) is 5.32 Å². The minimum Gasteiger partial charge on any atom is -0.352 e. The van der Waals surface area contributed by atoms with Gasteiger partial charge in [0.2, 0.25) is 11.8 Å². The van der Waals surface area contributed by atoms with Crippen molar-refractivity contribution in [2.24, 2.45) is 0 Å². The molecule has 0 aromatic heterocycles. The maximum absolute atomic E-state index is 14.0. The Morgan fingerprint density at radius 2 is 1.43 bits per heavy atom. The smallest absolute Gasteiger partial charge is 0.264 e. The summed E-state index contributed by atoms with van der Waals surface area (Å²) in [4.78, 5) is 29.0. The van der Waals surface area contributed by atoms with Gasteiger partial charge in [-0.05, 0) is 63.4 Å². The van der Waals surface area contributed by atoms with Crippen LogP contribution < -0.4 is 9.62 Å². The molecule has 1 aliphatic carbocycles. The molecule has 40 heavy (non-hydrogen) atoms. The Bertz CT molecular complexity index is 1380. The number of sulfonamides is 1. The Labute approximate surface area is 238 Å². The average Bonchev–Trinajstić information content (AvgIpc) is 2.96. The van der Waals surface area contributed by atoms with E-state index in [4.69, 9.17) is 0 Å². The highest BCUT2D eigenvalue weighted by atomic mass is 32.2. The van der Waals surface area contributed by atoms with Crippen LogP contribution in [0.5, 0.6) is 0 Å². The van der Waals surface area contributed by atoms with Gasteiger partial charge in [0.25, 0.3) is 10.0 Å². The Morgan fingerprint density at radius 1 is 0.850 bits per heavy atom. The summed E-state index contributed by atoms with van der Waals surface area (Å²) in [6.45, 7) is 5.34. The molecule has 0 spiro atoms. The van der Waals surface area contributed by atoms with Gasteiger partial charge in [0.1, 0.15) is 12.6 Å². The first-order valence-corrected chi connectivity index (χ1v) is 15.4. The summed E-state index contributed by atoms with van der Waals surface area (Å²) < 4.78 is 28.8. The van der Waals surface area contributed by atoms with Gasteiger partial charge >= 0.3 is 0 Å². The van der Waals surface area contributed by atoms with Crippen molar-refractivity contribution in [1.29, 1.82) is 0 Å². The normalized spacial score (nSPS) is 14.8. The summed E-state index contributed by atoms with van der Waals surface area (Å²) >= 11 is 0. The standard InChI is InChI=1S/C32H39N3O4S/c1-24-14-18-27(19-15-24)22-34(26(3)32(37)33-28-10-6-4-7-11-28)31(36)23-35(29-12-8-5-9-13-29)40(38,39)30-20-16-25(2)17-21-30/h5,8-9,12-21,26,28H,4,6-7,10-11,22-23H2,1-3H3,(H,33,37)/t26-/m1/s1. The third-order valence-corrected chi connectivity index (χ3v) is 9.31. The highest BCUT2D eigenvalue weighted by Crippen LogP contribution is 2.25. The number of nitrogens with zero attached hydrogens (tertiary/aromatic N) is 2. The van der Waals surface area contributed by atoms with Crippen LogP contribution in [0.3, 0.4) is 0 Å². The van der Waals surface area contributed by atoms with E-state index >= 15 is 0 Å². The lowest BCUT2D eigenvalue weighted by Crippen LogP contribution is -2.53. The van der Waals surface area contributed by atoms with Gasteiger partial charge in [-0.25, -0.2) is 8.42 Å². The summed E-state index contributed by atoms with van der Waals surface area (Å²) in [5.74, 6) is -0.675. The molecule has 3 aromatic rings. The van der Waals surface area contributed by atoms with Gasteiger partial charge in [0.15, 0.2) is 0 Å². The quantitative estimate of drug-likeness (QED) is 0.361. The number of carbonyl (C=O) groups is 2. The number of carbonyl (C=O) groups excluding carboxylic acids is 2. The molecular weight excluding hydrogens is 522 g/mol. The Hall–Kier alpha value is -3.65. The van der Waals surface area contributed by atoms with Gasteiger partial charge in [-0.3, -0.25) is 13.9 Å². The van der Waals surface area contributed by atoms with Crippen molar-refractivity contribution < 1.29 is 18.0 Å². The lowest BCUT2D eigenvalue weighted by molar-refractivity contribution is -0.139. The topological polar surface area (TPSA) is 86.8 Å². The molecule has 1 aliphatic rings.